The number of nitrogens with one attached hydrogen (secondary N) is 1. The molecule has 166 valence electrons. The highest BCUT2D eigenvalue weighted by Crippen LogP contribution is 2.39. The van der Waals surface area contributed by atoms with Gasteiger partial charge < -0.3 is 25.1 Å². The van der Waals surface area contributed by atoms with E-state index in [1.54, 1.807) is 24.3 Å². The summed E-state index contributed by atoms with van der Waals surface area (Å²) in [7, 11) is -0.706. The molecule has 1 fully saturated rings. The van der Waals surface area contributed by atoms with Crippen molar-refractivity contribution in [3.8, 4) is 6.07 Å². The molecule has 7 nitrogen and oxygen atoms in total. The fraction of sp³-hybridized carbons (Fsp3) is 0.333. The van der Waals surface area contributed by atoms with Crippen LogP contribution in [0.2, 0.25) is 0 Å². The van der Waals surface area contributed by atoms with Gasteiger partial charge in [0.05, 0.1) is 22.5 Å². The molecule has 0 radical (unpaired) electrons. The maximum absolute atomic E-state index is 12.3. The molecule has 1 amide bonds. The summed E-state index contributed by atoms with van der Waals surface area (Å²) in [5.74, 6) is 0. The van der Waals surface area contributed by atoms with E-state index in [0.29, 0.717) is 22.3 Å². The summed E-state index contributed by atoms with van der Waals surface area (Å²) in [6.45, 7) is 8.08. The summed E-state index contributed by atoms with van der Waals surface area (Å²) in [6, 6.07) is 16.8. The zero-order valence-corrected chi connectivity index (χ0v) is 18.8. The number of anilines is 1. The van der Waals surface area contributed by atoms with Gasteiger partial charge in [-0.1, -0.05) is 48.5 Å². The third-order valence-corrected chi connectivity index (χ3v) is 5.79. The van der Waals surface area contributed by atoms with Crippen LogP contribution in [0.15, 0.2) is 54.0 Å². The Morgan fingerprint density at radius 1 is 1.12 bits per heavy atom. The molecule has 8 heteroatoms. The number of nitrogen functional groups attached to an aromatic ring is 1. The van der Waals surface area contributed by atoms with Crippen molar-refractivity contribution in [2.24, 2.45) is 0 Å². The number of carbonyl (C=O) groups is 1. The first-order valence-electron chi connectivity index (χ1n) is 10.4. The number of hydrogen-bond donors (Lipinski definition) is 2. The number of amides is 1. The topological polar surface area (TPSA) is 107 Å². The van der Waals surface area contributed by atoms with Crippen LogP contribution in [-0.2, 0) is 20.7 Å². The van der Waals surface area contributed by atoms with Gasteiger partial charge in [-0.15, -0.1) is 0 Å². The lowest BCUT2D eigenvalue weighted by Crippen LogP contribution is -2.41. The van der Waals surface area contributed by atoms with Crippen molar-refractivity contribution in [3.05, 3.63) is 70.7 Å². The monoisotopic (exact) mass is 433 g/mol. The van der Waals surface area contributed by atoms with Gasteiger partial charge in [0.2, 0.25) is 0 Å². The van der Waals surface area contributed by atoms with Gasteiger partial charge in [0.25, 0.3) is 0 Å². The summed E-state index contributed by atoms with van der Waals surface area (Å²) in [4.78, 5) is 12.3. The molecule has 0 spiro atoms. The molecule has 0 aromatic heterocycles. The highest BCUT2D eigenvalue weighted by molar-refractivity contribution is 6.56. The van der Waals surface area contributed by atoms with Gasteiger partial charge in [-0.05, 0) is 50.4 Å². The molecule has 0 unspecified atom stereocenters. The molecule has 1 aliphatic rings. The molecule has 2 aromatic rings. The molecular weight excluding hydrogens is 405 g/mol. The van der Waals surface area contributed by atoms with E-state index >= 15 is 0 Å². The average Bonchev–Trinajstić information content (AvgIpc) is 2.97. The zero-order chi connectivity index (χ0) is 23.4. The zero-order valence-electron chi connectivity index (χ0n) is 18.8. The maximum Gasteiger partial charge on any atom is 0.492 e. The molecule has 0 saturated carbocycles. The van der Waals surface area contributed by atoms with E-state index in [4.69, 9.17) is 19.8 Å². The Morgan fingerprint density at radius 2 is 1.78 bits per heavy atom. The van der Waals surface area contributed by atoms with Gasteiger partial charge in [0, 0.05) is 6.54 Å². The van der Waals surface area contributed by atoms with Crippen LogP contribution in [0, 0.1) is 11.3 Å². The predicted octanol–water partition coefficient (Wildman–Crippen LogP) is 4.08. The van der Waals surface area contributed by atoms with Crippen LogP contribution in [0.1, 0.15) is 44.4 Å². The molecule has 2 aromatic carbocycles. The predicted molar refractivity (Wildman–Crippen MR) is 124 cm³/mol. The summed E-state index contributed by atoms with van der Waals surface area (Å²) in [5.41, 5.74) is 7.73. The van der Waals surface area contributed by atoms with E-state index in [-0.39, 0.29) is 13.2 Å². The summed E-state index contributed by atoms with van der Waals surface area (Å²) >= 11 is 0. The van der Waals surface area contributed by atoms with Crippen LogP contribution in [0.4, 0.5) is 10.5 Å². The molecule has 3 N–H and O–H groups in total. The van der Waals surface area contributed by atoms with Crippen molar-refractivity contribution in [2.75, 3.05) is 12.3 Å². The lowest BCUT2D eigenvalue weighted by atomic mass is 9.76. The fourth-order valence-electron chi connectivity index (χ4n) is 3.18. The molecule has 3 rings (SSSR count). The first kappa shape index (κ1) is 23.4. The molecular formula is C24H28BN3O4. The molecule has 1 heterocycles. The Labute approximate surface area is 189 Å². The molecule has 0 atom stereocenters. The highest BCUT2D eigenvalue weighted by Gasteiger charge is 2.52. The van der Waals surface area contributed by atoms with Crippen molar-refractivity contribution < 1.29 is 18.8 Å². The maximum atomic E-state index is 12.3. The number of ether oxygens (including phenoxy) is 1. The summed E-state index contributed by atoms with van der Waals surface area (Å²) in [6.07, 6.45) is 1.21. The number of carbonyl (C=O) groups excluding carboxylic acids is 1. The minimum absolute atomic E-state index is 0.115. The van der Waals surface area contributed by atoms with E-state index in [2.05, 4.69) is 11.4 Å². The van der Waals surface area contributed by atoms with E-state index in [9.17, 15) is 10.1 Å². The van der Waals surface area contributed by atoms with Gasteiger partial charge in [-0.3, -0.25) is 0 Å². The molecule has 0 bridgehead atoms. The molecule has 32 heavy (non-hydrogen) atoms. The van der Waals surface area contributed by atoms with Crippen molar-refractivity contribution in [1.82, 2.24) is 5.32 Å². The van der Waals surface area contributed by atoms with Gasteiger partial charge in [0.1, 0.15) is 12.7 Å². The van der Waals surface area contributed by atoms with E-state index in [0.717, 1.165) is 5.56 Å². The molecule has 0 aliphatic carbocycles. The lowest BCUT2D eigenvalue weighted by molar-refractivity contribution is 0.00578. The van der Waals surface area contributed by atoms with E-state index in [1.807, 2.05) is 58.0 Å². The van der Waals surface area contributed by atoms with Gasteiger partial charge in [-0.2, -0.15) is 5.26 Å². The highest BCUT2D eigenvalue weighted by atomic mass is 16.7. The molecule has 1 saturated heterocycles. The van der Waals surface area contributed by atoms with Crippen LogP contribution >= 0.6 is 0 Å². The van der Waals surface area contributed by atoms with Crippen molar-refractivity contribution >= 4 is 25.0 Å². The van der Waals surface area contributed by atoms with E-state index in [1.165, 1.54) is 0 Å². The minimum atomic E-state index is -0.706. The van der Waals surface area contributed by atoms with Crippen molar-refractivity contribution in [2.45, 2.75) is 45.5 Å². The van der Waals surface area contributed by atoms with Crippen LogP contribution in [0.3, 0.4) is 0 Å². The largest absolute Gasteiger partial charge is 0.492 e. The average molecular weight is 433 g/mol. The Kier molecular flexibility index (Phi) is 6.92. The van der Waals surface area contributed by atoms with Crippen LogP contribution in [0.5, 0.6) is 0 Å². The fourth-order valence-corrected chi connectivity index (χ4v) is 3.18. The summed E-state index contributed by atoms with van der Waals surface area (Å²) in [5, 5.41) is 12.3. The number of hydrogen-bond acceptors (Lipinski definition) is 6. The number of alkyl carbamates (subject to hydrolysis) is 1. The van der Waals surface area contributed by atoms with Gasteiger partial charge >= 0.3 is 13.2 Å². The third kappa shape index (κ3) is 5.31. The second-order valence-corrected chi connectivity index (χ2v) is 8.65. The normalized spacial score (nSPS) is 17.0. The number of benzene rings is 2. The Bertz CT molecular complexity index is 1030. The van der Waals surface area contributed by atoms with Crippen molar-refractivity contribution in [3.63, 3.8) is 0 Å². The lowest BCUT2D eigenvalue weighted by Gasteiger charge is -2.32. The number of nitriles is 1. The van der Waals surface area contributed by atoms with Crippen LogP contribution in [-0.4, -0.2) is 31.0 Å². The standard InChI is InChI=1S/C24H28BN3O4/c1-23(2)24(3,4)32-25(31-23)19(13-18-11-8-12-21(27)20(18)14-26)15-28-22(29)30-16-17-9-6-5-7-10-17/h5-13H,15-16,27H2,1-4H3,(H,28,29). The van der Waals surface area contributed by atoms with Gasteiger partial charge in [0.15, 0.2) is 0 Å². The number of rotatable bonds is 6. The molecule has 1 aliphatic heterocycles. The van der Waals surface area contributed by atoms with Gasteiger partial charge in [-0.25, -0.2) is 4.79 Å². The summed E-state index contributed by atoms with van der Waals surface area (Å²) < 4.78 is 17.6. The van der Waals surface area contributed by atoms with Crippen molar-refractivity contribution in [1.29, 1.82) is 5.26 Å². The number of nitrogens with zero attached hydrogens (tertiary/aromatic N) is 1. The van der Waals surface area contributed by atoms with Crippen LogP contribution in [0.25, 0.3) is 6.08 Å². The first-order chi connectivity index (χ1) is 15.1. The Balaban J connectivity index is 1.80. The first-order valence-corrected chi connectivity index (χ1v) is 10.4. The smallest absolute Gasteiger partial charge is 0.445 e. The van der Waals surface area contributed by atoms with E-state index < -0.39 is 24.4 Å². The third-order valence-electron chi connectivity index (χ3n) is 5.79. The quantitative estimate of drug-likeness (QED) is 0.525. The second kappa shape index (κ2) is 9.47. The van der Waals surface area contributed by atoms with Crippen LogP contribution < -0.4 is 11.1 Å². The Morgan fingerprint density at radius 3 is 2.41 bits per heavy atom. The Hall–Kier alpha value is -3.28. The SMILES string of the molecule is CC1(C)OB(C(=Cc2cccc(N)c2C#N)CNC(=O)OCc2ccccc2)OC1(C)C. The minimum Gasteiger partial charge on any atom is -0.445 e. The number of nitrogens with two attached hydrogens (primary N) is 1. The second-order valence-electron chi connectivity index (χ2n) is 8.65.